The molecule has 0 aliphatic carbocycles. The van der Waals surface area contributed by atoms with E-state index in [-0.39, 0.29) is 28.4 Å². The summed E-state index contributed by atoms with van der Waals surface area (Å²) >= 11 is 0. The van der Waals surface area contributed by atoms with Crippen LogP contribution in [0, 0.1) is 13.8 Å². The molecule has 1 aliphatic rings. The first-order chi connectivity index (χ1) is 23.3. The smallest absolute Gasteiger partial charge is 0.450 e. The molecule has 1 unspecified atom stereocenters. The van der Waals surface area contributed by atoms with Crippen molar-refractivity contribution in [3.63, 3.8) is 0 Å². The van der Waals surface area contributed by atoms with Crippen LogP contribution in [0.2, 0.25) is 0 Å². The second-order valence-corrected chi connectivity index (χ2v) is 17.3. The molecule has 2 aromatic rings. The molecule has 0 spiro atoms. The molecule has 0 radical (unpaired) electrons. The lowest BCUT2D eigenvalue weighted by atomic mass is 9.99. The molecule has 0 aromatic heterocycles. The van der Waals surface area contributed by atoms with Crippen molar-refractivity contribution in [2.45, 2.75) is 89.9 Å². The maximum absolute atomic E-state index is 15.1. The van der Waals surface area contributed by atoms with Crippen LogP contribution in [-0.2, 0) is 52.7 Å². The Kier molecular flexibility index (Phi) is 12.9. The number of esters is 1. The van der Waals surface area contributed by atoms with Crippen LogP contribution < -0.4 is 5.11 Å². The molecule has 0 saturated carbocycles. The number of aryl methyl sites for hydroxylation is 2. The second kappa shape index (κ2) is 15.7. The number of ether oxygens (including phenoxy) is 2. The molecule has 0 N–H and O–H groups in total. The topological polar surface area (TPSA) is 195 Å². The summed E-state index contributed by atoms with van der Waals surface area (Å²) in [4.78, 5) is 43.2. The molecule has 1 heterocycles. The minimum Gasteiger partial charge on any atom is -0.608 e. The number of benzene rings is 2. The molecule has 1 fully saturated rings. The van der Waals surface area contributed by atoms with Gasteiger partial charge in [0.15, 0.2) is 0 Å². The van der Waals surface area contributed by atoms with Gasteiger partial charge in [0.05, 0.1) is 35.7 Å². The fourth-order valence-electron chi connectivity index (χ4n) is 4.98. The van der Waals surface area contributed by atoms with E-state index in [1.54, 1.807) is 13.8 Å². The highest BCUT2D eigenvalue weighted by Gasteiger charge is 2.80. The van der Waals surface area contributed by atoms with Gasteiger partial charge in [-0.15, -0.1) is 4.31 Å². The Bertz CT molecular complexity index is 1810. The number of hydrogen-bond donors (Lipinski definition) is 0. The third kappa shape index (κ3) is 7.39. The Morgan fingerprint density at radius 2 is 1.14 bits per heavy atom. The molecule has 1 aliphatic heterocycles. The van der Waals surface area contributed by atoms with Crippen molar-refractivity contribution in [1.82, 2.24) is 8.61 Å². The van der Waals surface area contributed by atoms with E-state index in [1.807, 2.05) is 0 Å². The third-order valence-corrected chi connectivity index (χ3v) is 13.2. The van der Waals surface area contributed by atoms with Gasteiger partial charge in [0.2, 0.25) is 5.31 Å². The molecular weight excluding hydrogens is 715 g/mol. The van der Waals surface area contributed by atoms with Crippen molar-refractivity contribution in [3.8, 4) is 0 Å². The summed E-state index contributed by atoms with van der Waals surface area (Å²) in [6.07, 6.45) is -2.07. The van der Waals surface area contributed by atoms with Gasteiger partial charge in [-0.25, -0.2) is 26.4 Å². The average molecular weight is 759 g/mol. The minimum absolute atomic E-state index is 0.258. The number of carbonyl (C=O) groups excluding carboxylic acids is 3. The van der Waals surface area contributed by atoms with Crippen LogP contribution in [0.5, 0.6) is 0 Å². The van der Waals surface area contributed by atoms with E-state index < -0.39 is 84.7 Å². The van der Waals surface area contributed by atoms with Crippen molar-refractivity contribution in [3.05, 3.63) is 70.9 Å². The molecule has 18 heteroatoms. The number of carbonyl (C=O) groups is 3. The monoisotopic (exact) mass is 758 g/mol. The lowest BCUT2D eigenvalue weighted by Gasteiger charge is -2.38. The molecule has 2 aromatic carbocycles. The predicted octanol–water partition coefficient (Wildman–Crippen LogP) is 4.16. The fourth-order valence-corrected chi connectivity index (χ4v) is 10.6. The largest absolute Gasteiger partial charge is 0.608 e. The number of hydrogen-bond acceptors (Lipinski definition) is 13. The summed E-state index contributed by atoms with van der Waals surface area (Å²) in [7, 11) is -15.3. The molecule has 1 atom stereocenters. The van der Waals surface area contributed by atoms with E-state index in [9.17, 15) is 31.5 Å². The molecule has 3 rings (SSSR count). The Hall–Kier alpha value is -3.60. The van der Waals surface area contributed by atoms with Crippen LogP contribution in [0.1, 0.15) is 59.6 Å². The van der Waals surface area contributed by atoms with E-state index in [4.69, 9.17) is 23.0 Å². The van der Waals surface area contributed by atoms with Gasteiger partial charge in [-0.1, -0.05) is 49.2 Å². The SMILES string of the molecule is CCO[P+](OCC)(OCC)/C(=C(/[O-])OC(C)C)C1(C(=O)OC(C)C)C(=O)N(S(=O)(=O)c2ccc(C)cc2)C(=O)N1S(=O)(=O)c1ccc(C)cc1. The highest BCUT2D eigenvalue weighted by Crippen LogP contribution is 2.73. The Labute approximate surface area is 293 Å². The second-order valence-electron chi connectivity index (χ2n) is 11.5. The highest BCUT2D eigenvalue weighted by molar-refractivity contribution is 7.91. The first-order valence-electron chi connectivity index (χ1n) is 15.7. The molecule has 15 nitrogen and oxygen atoms in total. The van der Waals surface area contributed by atoms with Gasteiger partial charge in [-0.3, -0.25) is 4.79 Å². The Morgan fingerprint density at radius 1 is 0.740 bits per heavy atom. The lowest BCUT2D eigenvalue weighted by molar-refractivity contribution is -0.363. The molecular formula is C32H43N2O13PS2. The summed E-state index contributed by atoms with van der Waals surface area (Å²) in [5.74, 6) is -5.32. The predicted molar refractivity (Wildman–Crippen MR) is 180 cm³/mol. The number of sulfonamides is 2. The van der Waals surface area contributed by atoms with Crippen molar-refractivity contribution in [2.24, 2.45) is 0 Å². The van der Waals surface area contributed by atoms with Crippen LogP contribution in [0.25, 0.3) is 0 Å². The molecule has 1 saturated heterocycles. The normalized spacial score (nSPS) is 17.8. The highest BCUT2D eigenvalue weighted by atomic mass is 32.2. The zero-order valence-electron chi connectivity index (χ0n) is 29.4. The van der Waals surface area contributed by atoms with Gasteiger partial charge in [0.1, 0.15) is 5.95 Å². The van der Waals surface area contributed by atoms with Crippen LogP contribution in [0.3, 0.4) is 0 Å². The van der Waals surface area contributed by atoms with Crippen LogP contribution in [-0.4, -0.2) is 80.9 Å². The van der Waals surface area contributed by atoms with Crippen molar-refractivity contribution >= 4 is 45.9 Å². The van der Waals surface area contributed by atoms with E-state index in [1.165, 1.54) is 72.7 Å². The van der Waals surface area contributed by atoms with Crippen LogP contribution in [0.4, 0.5) is 4.79 Å². The third-order valence-electron chi connectivity index (χ3n) is 6.95. The van der Waals surface area contributed by atoms with Gasteiger partial charge in [0, 0.05) is 0 Å². The van der Waals surface area contributed by atoms with E-state index in [0.29, 0.717) is 11.1 Å². The van der Waals surface area contributed by atoms with Crippen molar-refractivity contribution in [2.75, 3.05) is 19.8 Å². The Morgan fingerprint density at radius 3 is 1.52 bits per heavy atom. The molecule has 50 heavy (non-hydrogen) atoms. The van der Waals surface area contributed by atoms with Gasteiger partial charge in [-0.05, 0) is 78.8 Å². The van der Waals surface area contributed by atoms with E-state index in [0.717, 1.165) is 24.3 Å². The summed E-state index contributed by atoms with van der Waals surface area (Å²) < 4.78 is 86.1. The van der Waals surface area contributed by atoms with E-state index >= 15 is 4.79 Å². The maximum Gasteiger partial charge on any atom is 0.450 e. The average Bonchev–Trinajstić information content (AvgIpc) is 3.25. The summed E-state index contributed by atoms with van der Waals surface area (Å²) in [6, 6.07) is 7.85. The zero-order chi connectivity index (χ0) is 37.8. The van der Waals surface area contributed by atoms with E-state index in [2.05, 4.69) is 0 Å². The number of nitrogens with zero attached hydrogens (tertiary/aromatic N) is 2. The number of imide groups is 1. The molecule has 0 bridgehead atoms. The summed E-state index contributed by atoms with van der Waals surface area (Å²) in [6.45, 7) is 12.4. The van der Waals surface area contributed by atoms with Gasteiger partial charge in [-0.2, -0.15) is 17.9 Å². The molecule has 276 valence electrons. The summed E-state index contributed by atoms with van der Waals surface area (Å²) in [5.41, 5.74) is -2.54. The quantitative estimate of drug-likeness (QED) is 0.0779. The van der Waals surface area contributed by atoms with Gasteiger partial charge >= 0.3 is 25.5 Å². The minimum atomic E-state index is -5.44. The standard InChI is InChI=1S/C32H43N2O13PS2/c1-10-43-48(44-11-2,45-12-3)27(28(35)46-21(4)5)32(30(37)47-22(6)7)29(36)33(49(39,40)25-17-13-23(8)14-18-25)31(38)34(32)50(41,42)26-19-15-24(9)16-20-26/h13-22H,10-12H2,1-9H3/b28-27-. The number of urea groups is 1. The lowest BCUT2D eigenvalue weighted by Crippen LogP contribution is -2.61. The number of amides is 3. The maximum atomic E-state index is 15.1. The van der Waals surface area contributed by atoms with Gasteiger partial charge in [0.25, 0.3) is 26.0 Å². The van der Waals surface area contributed by atoms with Crippen molar-refractivity contribution in [1.29, 1.82) is 0 Å². The first-order valence-corrected chi connectivity index (χ1v) is 20.2. The zero-order valence-corrected chi connectivity index (χ0v) is 31.9. The fraction of sp³-hybridized carbons (Fsp3) is 0.469. The van der Waals surface area contributed by atoms with Crippen LogP contribution in [0.15, 0.2) is 69.6 Å². The first kappa shape index (κ1) is 40.8. The van der Waals surface area contributed by atoms with Crippen LogP contribution >= 0.6 is 7.94 Å². The summed E-state index contributed by atoms with van der Waals surface area (Å²) in [5, 5.41) is 13.2. The van der Waals surface area contributed by atoms with Crippen molar-refractivity contribution < 1.29 is 59.4 Å². The Balaban J connectivity index is 2.73. The number of rotatable bonds is 16. The molecule has 3 amide bonds. The van der Waals surface area contributed by atoms with Gasteiger partial charge < -0.3 is 14.6 Å².